The fraction of sp³-hybridized carbons (Fsp3) is 0.379. The van der Waals surface area contributed by atoms with Gasteiger partial charge >= 0.3 is 0 Å². The van der Waals surface area contributed by atoms with Gasteiger partial charge in [0.15, 0.2) is 0 Å². The van der Waals surface area contributed by atoms with Gasteiger partial charge in [-0.25, -0.2) is 0 Å². The summed E-state index contributed by atoms with van der Waals surface area (Å²) in [5.74, 6) is 1.08. The van der Waals surface area contributed by atoms with Crippen LogP contribution in [0, 0.1) is 23.7 Å². The first kappa shape index (κ1) is 28.3. The summed E-state index contributed by atoms with van der Waals surface area (Å²) in [6.07, 6.45) is 11.2. The van der Waals surface area contributed by atoms with E-state index in [9.17, 15) is 10.1 Å². The highest BCUT2D eigenvalue weighted by molar-refractivity contribution is 5.88. The quantitative estimate of drug-likeness (QED) is 0.250. The number of nitrogens with one attached hydrogen (secondary N) is 1. The third-order valence-corrected chi connectivity index (χ3v) is 6.35. The SMILES string of the molecule is C=C(Nc1ccc(C)c(C(=C/C=O)/C=C(\N(C)C)N2CCCCC2)c1)C(/C=C(\N)C(C)(C)C#N)=C/N. The lowest BCUT2D eigenvalue weighted by atomic mass is 9.90. The van der Waals surface area contributed by atoms with Crippen LogP contribution in [0.15, 0.2) is 72.0 Å². The molecule has 0 amide bonds. The predicted octanol–water partition coefficient (Wildman–Crippen LogP) is 4.63. The van der Waals surface area contributed by atoms with Gasteiger partial charge in [0.25, 0.3) is 0 Å². The molecule has 0 aromatic heterocycles. The molecular weight excluding hydrogens is 448 g/mol. The van der Waals surface area contributed by atoms with Crippen LogP contribution >= 0.6 is 0 Å². The fourth-order valence-electron chi connectivity index (χ4n) is 3.96. The topological polar surface area (TPSA) is 111 Å². The van der Waals surface area contributed by atoms with Gasteiger partial charge in [0.1, 0.15) is 12.1 Å². The lowest BCUT2D eigenvalue weighted by molar-refractivity contribution is -0.104. The molecule has 0 aliphatic carbocycles. The van der Waals surface area contributed by atoms with Crippen LogP contribution in [0.3, 0.4) is 0 Å². The van der Waals surface area contributed by atoms with Crippen LogP contribution in [-0.2, 0) is 4.79 Å². The maximum atomic E-state index is 11.6. The number of nitrogens with two attached hydrogens (primary N) is 2. The Balaban J connectivity index is 2.41. The second kappa shape index (κ2) is 12.7. The number of anilines is 1. The van der Waals surface area contributed by atoms with E-state index in [0.29, 0.717) is 17.0 Å². The molecule has 1 aliphatic heterocycles. The van der Waals surface area contributed by atoms with E-state index in [-0.39, 0.29) is 0 Å². The average molecular weight is 489 g/mol. The first-order chi connectivity index (χ1) is 17.0. The minimum absolute atomic E-state index is 0.393. The molecule has 5 N–H and O–H groups in total. The molecule has 0 radical (unpaired) electrons. The Bertz CT molecular complexity index is 1120. The fourth-order valence-corrected chi connectivity index (χ4v) is 3.96. The number of aryl methyl sites for hydroxylation is 1. The van der Waals surface area contributed by atoms with Crippen LogP contribution < -0.4 is 16.8 Å². The maximum absolute atomic E-state index is 11.6. The number of piperidine rings is 1. The van der Waals surface area contributed by atoms with Crippen LogP contribution in [0.25, 0.3) is 5.57 Å². The number of carbonyl (C=O) groups excluding carboxylic acids is 1. The van der Waals surface area contributed by atoms with Crippen molar-refractivity contribution in [1.29, 1.82) is 5.26 Å². The summed E-state index contributed by atoms with van der Waals surface area (Å²) in [6, 6.07) is 8.13. The van der Waals surface area contributed by atoms with E-state index in [1.54, 1.807) is 26.0 Å². The van der Waals surface area contributed by atoms with Gasteiger partial charge < -0.3 is 26.6 Å². The number of carbonyl (C=O) groups is 1. The summed E-state index contributed by atoms with van der Waals surface area (Å²) in [6.45, 7) is 11.6. The van der Waals surface area contributed by atoms with Crippen molar-refractivity contribution in [2.24, 2.45) is 16.9 Å². The van der Waals surface area contributed by atoms with E-state index in [1.807, 2.05) is 39.2 Å². The zero-order valence-electron chi connectivity index (χ0n) is 22.3. The van der Waals surface area contributed by atoms with Gasteiger partial charge in [0.2, 0.25) is 0 Å². The van der Waals surface area contributed by atoms with Crippen molar-refractivity contribution in [2.75, 3.05) is 32.5 Å². The second-order valence-corrected chi connectivity index (χ2v) is 9.79. The van der Waals surface area contributed by atoms with Gasteiger partial charge in [0, 0.05) is 56.0 Å². The number of nitrogens with zero attached hydrogens (tertiary/aromatic N) is 3. The molecule has 0 saturated carbocycles. The summed E-state index contributed by atoms with van der Waals surface area (Å²) in [5.41, 5.74) is 16.3. The van der Waals surface area contributed by atoms with E-state index in [0.717, 1.165) is 47.6 Å². The summed E-state index contributed by atoms with van der Waals surface area (Å²) < 4.78 is 0. The second-order valence-electron chi connectivity index (χ2n) is 9.79. The van der Waals surface area contributed by atoms with Crippen molar-refractivity contribution in [2.45, 2.75) is 40.0 Å². The van der Waals surface area contributed by atoms with Crippen molar-refractivity contribution in [1.82, 2.24) is 9.80 Å². The molecule has 0 bridgehead atoms. The van der Waals surface area contributed by atoms with Crippen molar-refractivity contribution >= 4 is 17.5 Å². The number of aldehydes is 1. The molecule has 0 spiro atoms. The van der Waals surface area contributed by atoms with Crippen molar-refractivity contribution in [3.8, 4) is 6.07 Å². The van der Waals surface area contributed by atoms with E-state index in [1.165, 1.54) is 25.5 Å². The van der Waals surface area contributed by atoms with Crippen LogP contribution in [0.5, 0.6) is 0 Å². The van der Waals surface area contributed by atoms with Crippen LogP contribution in [0.2, 0.25) is 0 Å². The largest absolute Gasteiger partial charge is 0.404 e. The standard InChI is InChI=1S/C29H40N6O/c1-21-10-11-25(33-22(2)24(19-30)16-27(32)29(3,4)20-31)18-26(21)23(12-15-36)17-28(34(5)6)35-13-8-7-9-14-35/h10-12,15-19,33H,2,7-9,13-14,30,32H2,1,3-6H3/b23-12+,24-19+,27-16-,28-17+. The lowest BCUT2D eigenvalue weighted by Gasteiger charge is -2.35. The number of hydrogen-bond donors (Lipinski definition) is 3. The Labute approximate surface area is 216 Å². The molecule has 7 nitrogen and oxygen atoms in total. The van der Waals surface area contributed by atoms with E-state index in [2.05, 4.69) is 33.8 Å². The molecule has 1 aliphatic rings. The maximum Gasteiger partial charge on any atom is 0.143 e. The summed E-state index contributed by atoms with van der Waals surface area (Å²) in [5, 5.41) is 12.6. The Hall–Kier alpha value is -3.92. The van der Waals surface area contributed by atoms with Gasteiger partial charge in [-0.2, -0.15) is 5.26 Å². The normalized spacial score (nSPS) is 15.8. The first-order valence-corrected chi connectivity index (χ1v) is 12.2. The van der Waals surface area contributed by atoms with Crippen LogP contribution in [0.4, 0.5) is 5.69 Å². The van der Waals surface area contributed by atoms with Crippen molar-refractivity contribution in [3.05, 3.63) is 83.1 Å². The first-order valence-electron chi connectivity index (χ1n) is 12.2. The molecular formula is C29H40N6O. The highest BCUT2D eigenvalue weighted by Gasteiger charge is 2.21. The number of nitriles is 1. The van der Waals surface area contributed by atoms with Gasteiger partial charge in [0.05, 0.1) is 11.5 Å². The minimum Gasteiger partial charge on any atom is -0.404 e. The minimum atomic E-state index is -0.828. The Kier molecular flexibility index (Phi) is 9.98. The lowest BCUT2D eigenvalue weighted by Crippen LogP contribution is -2.35. The monoisotopic (exact) mass is 488 g/mol. The molecule has 2 rings (SSSR count). The third kappa shape index (κ3) is 7.29. The molecule has 1 aromatic carbocycles. The zero-order valence-corrected chi connectivity index (χ0v) is 22.3. The highest BCUT2D eigenvalue weighted by atomic mass is 16.1. The number of hydrogen-bond acceptors (Lipinski definition) is 7. The Morgan fingerprint density at radius 1 is 1.22 bits per heavy atom. The molecule has 1 saturated heterocycles. The summed E-state index contributed by atoms with van der Waals surface area (Å²) in [7, 11) is 4.06. The van der Waals surface area contributed by atoms with Crippen LogP contribution in [0.1, 0.15) is 44.2 Å². The van der Waals surface area contributed by atoms with Crippen molar-refractivity contribution < 1.29 is 4.79 Å². The van der Waals surface area contributed by atoms with Gasteiger partial charge in [-0.05, 0) is 87.1 Å². The van der Waals surface area contributed by atoms with E-state index >= 15 is 0 Å². The number of likely N-dealkylation sites (tertiary alicyclic amines) is 1. The smallest absolute Gasteiger partial charge is 0.143 e. The molecule has 0 unspecified atom stereocenters. The average Bonchev–Trinajstić information content (AvgIpc) is 2.86. The van der Waals surface area contributed by atoms with Crippen LogP contribution in [-0.4, -0.2) is 43.3 Å². The number of rotatable bonds is 10. The highest BCUT2D eigenvalue weighted by Crippen LogP contribution is 2.29. The Morgan fingerprint density at radius 2 is 1.89 bits per heavy atom. The summed E-state index contributed by atoms with van der Waals surface area (Å²) in [4.78, 5) is 16.1. The number of allylic oxidation sites excluding steroid dienone is 5. The van der Waals surface area contributed by atoms with Gasteiger partial charge in [-0.3, -0.25) is 4.79 Å². The summed E-state index contributed by atoms with van der Waals surface area (Å²) >= 11 is 0. The predicted molar refractivity (Wildman–Crippen MR) is 149 cm³/mol. The zero-order chi connectivity index (χ0) is 26.9. The Morgan fingerprint density at radius 3 is 2.44 bits per heavy atom. The van der Waals surface area contributed by atoms with E-state index < -0.39 is 5.41 Å². The molecule has 1 aromatic rings. The third-order valence-electron chi connectivity index (χ3n) is 6.35. The van der Waals surface area contributed by atoms with Gasteiger partial charge in [-0.15, -0.1) is 0 Å². The molecule has 1 heterocycles. The van der Waals surface area contributed by atoms with Gasteiger partial charge in [-0.1, -0.05) is 12.6 Å². The molecule has 7 heteroatoms. The van der Waals surface area contributed by atoms with Crippen molar-refractivity contribution in [3.63, 3.8) is 0 Å². The number of benzene rings is 1. The van der Waals surface area contributed by atoms with E-state index in [4.69, 9.17) is 11.5 Å². The molecule has 0 atom stereocenters. The molecule has 1 fully saturated rings. The molecule has 192 valence electrons. The molecule has 36 heavy (non-hydrogen) atoms.